The van der Waals surface area contributed by atoms with Gasteiger partial charge in [-0.05, 0) is 74.6 Å². The number of aryl methyl sites for hydroxylation is 3. The Morgan fingerprint density at radius 2 is 1.81 bits per heavy atom. The molecule has 0 saturated carbocycles. The molecule has 0 heterocycles. The summed E-state index contributed by atoms with van der Waals surface area (Å²) in [4.78, 5) is 12.2. The minimum absolute atomic E-state index is 0.145. The molecular formula is C22H29NO3. The molecule has 0 aliphatic rings. The van der Waals surface area contributed by atoms with E-state index in [2.05, 4.69) is 30.4 Å². The van der Waals surface area contributed by atoms with Gasteiger partial charge < -0.3 is 14.8 Å². The van der Waals surface area contributed by atoms with Crippen LogP contribution in [0.3, 0.4) is 0 Å². The molecule has 1 unspecified atom stereocenters. The summed E-state index contributed by atoms with van der Waals surface area (Å²) in [6.07, 6.45) is 0.451. The summed E-state index contributed by atoms with van der Waals surface area (Å²) in [7, 11) is 0. The van der Waals surface area contributed by atoms with Crippen LogP contribution in [0.5, 0.6) is 11.5 Å². The smallest absolute Gasteiger partial charge is 0.260 e. The van der Waals surface area contributed by atoms with Gasteiger partial charge >= 0.3 is 0 Å². The van der Waals surface area contributed by atoms with Crippen molar-refractivity contribution in [3.8, 4) is 11.5 Å². The maximum atomic E-state index is 12.2. The van der Waals surface area contributed by atoms with Gasteiger partial charge in [-0.25, -0.2) is 0 Å². The molecular weight excluding hydrogens is 326 g/mol. The van der Waals surface area contributed by atoms with E-state index in [0.29, 0.717) is 13.2 Å². The largest absolute Gasteiger partial charge is 0.492 e. The lowest BCUT2D eigenvalue weighted by Crippen LogP contribution is -2.38. The number of carbonyl (C=O) groups is 1. The molecule has 26 heavy (non-hydrogen) atoms. The summed E-state index contributed by atoms with van der Waals surface area (Å²) in [5.74, 6) is 1.43. The molecule has 1 N–H and O–H groups in total. The first kappa shape index (κ1) is 19.8. The molecule has 4 heteroatoms. The predicted octanol–water partition coefficient (Wildman–Crippen LogP) is 4.14. The Labute approximate surface area is 156 Å². The van der Waals surface area contributed by atoms with Gasteiger partial charge in [0.15, 0.2) is 6.10 Å². The molecule has 2 rings (SSSR count). The van der Waals surface area contributed by atoms with Crippen LogP contribution in [0.15, 0.2) is 36.4 Å². The van der Waals surface area contributed by atoms with Crippen molar-refractivity contribution in [2.75, 3.05) is 13.2 Å². The number of rotatable bonds is 8. The predicted molar refractivity (Wildman–Crippen MR) is 105 cm³/mol. The number of hydrogen-bond acceptors (Lipinski definition) is 3. The lowest BCUT2D eigenvalue weighted by Gasteiger charge is -2.18. The summed E-state index contributed by atoms with van der Waals surface area (Å²) < 4.78 is 11.5. The zero-order valence-corrected chi connectivity index (χ0v) is 16.4. The molecule has 4 nitrogen and oxygen atoms in total. The summed E-state index contributed by atoms with van der Waals surface area (Å²) in [6, 6.07) is 12.1. The van der Waals surface area contributed by atoms with Crippen LogP contribution in [-0.4, -0.2) is 25.2 Å². The van der Waals surface area contributed by atoms with E-state index in [-0.39, 0.29) is 5.91 Å². The van der Waals surface area contributed by atoms with Crippen LogP contribution in [-0.2, 0) is 11.2 Å². The maximum absolute atomic E-state index is 12.2. The molecule has 2 aromatic carbocycles. The van der Waals surface area contributed by atoms with Crippen molar-refractivity contribution >= 4 is 5.91 Å². The highest BCUT2D eigenvalue weighted by molar-refractivity contribution is 5.80. The first-order valence-corrected chi connectivity index (χ1v) is 9.14. The molecule has 1 atom stereocenters. The topological polar surface area (TPSA) is 47.6 Å². The number of hydrogen-bond donors (Lipinski definition) is 1. The molecule has 1 amide bonds. The van der Waals surface area contributed by atoms with Crippen LogP contribution in [0.25, 0.3) is 0 Å². The van der Waals surface area contributed by atoms with E-state index in [0.717, 1.165) is 34.6 Å². The summed E-state index contributed by atoms with van der Waals surface area (Å²) in [6.45, 7) is 10.8. The van der Waals surface area contributed by atoms with E-state index < -0.39 is 6.10 Å². The average Bonchev–Trinajstić information content (AvgIpc) is 2.63. The molecule has 2 aromatic rings. The minimum atomic E-state index is -0.557. The SMILES string of the molecule is CCc1ccc(OCCNC(=O)C(C)Oc2cc(C)cc(C)c2C)cc1. The Morgan fingerprint density at radius 1 is 1.12 bits per heavy atom. The minimum Gasteiger partial charge on any atom is -0.492 e. The quantitative estimate of drug-likeness (QED) is 0.724. The van der Waals surface area contributed by atoms with Crippen LogP contribution < -0.4 is 14.8 Å². The molecule has 140 valence electrons. The molecule has 0 fully saturated rings. The number of benzene rings is 2. The third-order valence-corrected chi connectivity index (χ3v) is 4.44. The highest BCUT2D eigenvalue weighted by Gasteiger charge is 2.16. The molecule has 0 aliphatic carbocycles. The van der Waals surface area contributed by atoms with Crippen molar-refractivity contribution in [2.24, 2.45) is 0 Å². The zero-order valence-electron chi connectivity index (χ0n) is 16.4. The fraction of sp³-hybridized carbons (Fsp3) is 0.409. The van der Waals surface area contributed by atoms with Gasteiger partial charge in [-0.3, -0.25) is 4.79 Å². The van der Waals surface area contributed by atoms with Crippen LogP contribution in [0, 0.1) is 20.8 Å². The van der Waals surface area contributed by atoms with Gasteiger partial charge in [0.2, 0.25) is 0 Å². The fourth-order valence-electron chi connectivity index (χ4n) is 2.68. The Bertz CT molecular complexity index is 738. The molecule has 0 bridgehead atoms. The van der Waals surface area contributed by atoms with E-state index in [1.807, 2.05) is 39.0 Å². The maximum Gasteiger partial charge on any atom is 0.260 e. The Hall–Kier alpha value is -2.49. The average molecular weight is 355 g/mol. The van der Waals surface area contributed by atoms with Gasteiger partial charge in [0.25, 0.3) is 5.91 Å². The van der Waals surface area contributed by atoms with Crippen LogP contribution in [0.1, 0.15) is 36.1 Å². The zero-order chi connectivity index (χ0) is 19.1. The second-order valence-corrected chi connectivity index (χ2v) is 6.60. The Kier molecular flexibility index (Phi) is 7.07. The standard InChI is InChI=1S/C22H29NO3/c1-6-19-7-9-20(10-8-19)25-12-11-23-22(24)18(5)26-21-14-15(2)13-16(3)17(21)4/h7-10,13-14,18H,6,11-12H2,1-5H3,(H,23,24). The van der Waals surface area contributed by atoms with Crippen LogP contribution in [0.4, 0.5) is 0 Å². The van der Waals surface area contributed by atoms with Crippen molar-refractivity contribution in [3.05, 3.63) is 58.7 Å². The second-order valence-electron chi connectivity index (χ2n) is 6.60. The van der Waals surface area contributed by atoms with Gasteiger partial charge in [-0.15, -0.1) is 0 Å². The normalized spacial score (nSPS) is 11.7. The summed E-state index contributed by atoms with van der Waals surface area (Å²) >= 11 is 0. The van der Waals surface area contributed by atoms with E-state index >= 15 is 0 Å². The Morgan fingerprint density at radius 3 is 2.46 bits per heavy atom. The lowest BCUT2D eigenvalue weighted by atomic mass is 10.1. The molecule has 0 saturated heterocycles. The molecule has 0 aliphatic heterocycles. The number of amides is 1. The highest BCUT2D eigenvalue weighted by atomic mass is 16.5. The summed E-state index contributed by atoms with van der Waals surface area (Å²) in [5, 5.41) is 2.86. The van der Waals surface area contributed by atoms with Crippen molar-refractivity contribution in [1.82, 2.24) is 5.32 Å². The first-order valence-electron chi connectivity index (χ1n) is 9.14. The second kappa shape index (κ2) is 9.27. The van der Waals surface area contributed by atoms with Gasteiger partial charge in [0, 0.05) is 0 Å². The van der Waals surface area contributed by atoms with E-state index in [1.54, 1.807) is 6.92 Å². The van der Waals surface area contributed by atoms with E-state index in [9.17, 15) is 4.79 Å². The third-order valence-electron chi connectivity index (χ3n) is 4.44. The van der Waals surface area contributed by atoms with Gasteiger partial charge in [-0.2, -0.15) is 0 Å². The number of nitrogens with one attached hydrogen (secondary N) is 1. The fourth-order valence-corrected chi connectivity index (χ4v) is 2.68. The Balaban J connectivity index is 1.78. The summed E-state index contributed by atoms with van der Waals surface area (Å²) in [5.41, 5.74) is 4.63. The van der Waals surface area contributed by atoms with Gasteiger partial charge in [0.05, 0.1) is 6.54 Å². The lowest BCUT2D eigenvalue weighted by molar-refractivity contribution is -0.127. The van der Waals surface area contributed by atoms with Crippen molar-refractivity contribution in [1.29, 1.82) is 0 Å². The van der Waals surface area contributed by atoms with Gasteiger partial charge in [-0.1, -0.05) is 25.1 Å². The van der Waals surface area contributed by atoms with Crippen molar-refractivity contribution in [3.63, 3.8) is 0 Å². The molecule has 0 spiro atoms. The van der Waals surface area contributed by atoms with Crippen LogP contribution in [0.2, 0.25) is 0 Å². The van der Waals surface area contributed by atoms with Crippen molar-refractivity contribution in [2.45, 2.75) is 47.1 Å². The number of ether oxygens (including phenoxy) is 2. The van der Waals surface area contributed by atoms with E-state index in [4.69, 9.17) is 9.47 Å². The highest BCUT2D eigenvalue weighted by Crippen LogP contribution is 2.24. The van der Waals surface area contributed by atoms with Crippen molar-refractivity contribution < 1.29 is 14.3 Å². The van der Waals surface area contributed by atoms with Gasteiger partial charge in [0.1, 0.15) is 18.1 Å². The first-order chi connectivity index (χ1) is 12.4. The van der Waals surface area contributed by atoms with Crippen LogP contribution >= 0.6 is 0 Å². The molecule has 0 radical (unpaired) electrons. The van der Waals surface area contributed by atoms with E-state index in [1.165, 1.54) is 5.56 Å². The molecule has 0 aromatic heterocycles. The monoisotopic (exact) mass is 355 g/mol. The number of carbonyl (C=O) groups excluding carboxylic acids is 1. The third kappa shape index (κ3) is 5.51.